The molecule has 0 spiro atoms. The van der Waals surface area contributed by atoms with Crippen LogP contribution in [0.4, 0.5) is 13.2 Å². The van der Waals surface area contributed by atoms with Crippen LogP contribution in [0.1, 0.15) is 23.2 Å². The molecule has 0 aliphatic carbocycles. The molecule has 7 heteroatoms. The lowest BCUT2D eigenvalue weighted by molar-refractivity contribution is -0.136. The number of hydrogen-bond acceptors (Lipinski definition) is 3. The van der Waals surface area contributed by atoms with Crippen LogP contribution in [-0.4, -0.2) is 16.1 Å². The highest BCUT2D eigenvalue weighted by molar-refractivity contribution is 5.70. The van der Waals surface area contributed by atoms with Gasteiger partial charge in [0.25, 0.3) is 6.43 Å². The summed E-state index contributed by atoms with van der Waals surface area (Å²) in [6.45, 7) is -0.329. The maximum atomic E-state index is 13.2. The van der Waals surface area contributed by atoms with Crippen LogP contribution in [-0.2, 0) is 17.8 Å². The van der Waals surface area contributed by atoms with E-state index < -0.39 is 30.3 Å². The molecular weight excluding hydrogens is 225 g/mol. The predicted molar refractivity (Wildman–Crippen MR) is 48.4 cm³/mol. The minimum Gasteiger partial charge on any atom is -0.481 e. The van der Waals surface area contributed by atoms with Crippen LogP contribution in [0.2, 0.25) is 0 Å². The molecule has 16 heavy (non-hydrogen) atoms. The van der Waals surface area contributed by atoms with Gasteiger partial charge in [-0.2, -0.15) is 4.39 Å². The lowest BCUT2D eigenvalue weighted by Crippen LogP contribution is -2.11. The first-order valence-electron chi connectivity index (χ1n) is 4.34. The van der Waals surface area contributed by atoms with Crippen molar-refractivity contribution in [3.05, 3.63) is 28.8 Å². The average Bonchev–Trinajstić information content (AvgIpc) is 2.19. The van der Waals surface area contributed by atoms with Crippen LogP contribution in [0.15, 0.2) is 6.07 Å². The number of hydrogen-bond donors (Lipinski definition) is 2. The van der Waals surface area contributed by atoms with Gasteiger partial charge in [-0.25, -0.2) is 13.8 Å². The molecule has 0 aliphatic heterocycles. The Labute approximate surface area is 88.9 Å². The normalized spacial score (nSPS) is 10.8. The third-order valence-corrected chi connectivity index (χ3v) is 1.93. The lowest BCUT2D eigenvalue weighted by Gasteiger charge is -2.08. The number of carboxylic acid groups (broad SMARTS) is 1. The first kappa shape index (κ1) is 12.4. The van der Waals surface area contributed by atoms with Crippen molar-refractivity contribution in [2.75, 3.05) is 0 Å². The topological polar surface area (TPSA) is 76.2 Å². The number of alkyl halides is 2. The number of carbonyl (C=O) groups is 1. The first-order valence-corrected chi connectivity index (χ1v) is 4.34. The van der Waals surface area contributed by atoms with Gasteiger partial charge in [-0.3, -0.25) is 4.79 Å². The maximum Gasteiger partial charge on any atom is 0.307 e. The molecule has 1 heterocycles. The molecule has 0 atom stereocenters. The van der Waals surface area contributed by atoms with Crippen molar-refractivity contribution < 1.29 is 23.1 Å². The minimum atomic E-state index is -2.86. The van der Waals surface area contributed by atoms with Crippen LogP contribution < -0.4 is 5.73 Å². The lowest BCUT2D eigenvalue weighted by atomic mass is 10.1. The van der Waals surface area contributed by atoms with Crippen LogP contribution in [0, 0.1) is 5.95 Å². The number of aromatic nitrogens is 1. The summed E-state index contributed by atoms with van der Waals surface area (Å²) in [6.07, 6.45) is -3.55. The number of aliphatic carboxylic acids is 1. The van der Waals surface area contributed by atoms with Crippen molar-refractivity contribution >= 4 is 5.97 Å². The SMILES string of the molecule is NCc1nc(F)c(CC(=O)O)cc1C(F)F. The summed E-state index contributed by atoms with van der Waals surface area (Å²) in [5.74, 6) is -2.39. The zero-order valence-corrected chi connectivity index (χ0v) is 8.08. The third-order valence-electron chi connectivity index (χ3n) is 1.93. The minimum absolute atomic E-state index is 0.262. The summed E-state index contributed by atoms with van der Waals surface area (Å²) < 4.78 is 38.2. The number of nitrogens with two attached hydrogens (primary N) is 1. The van der Waals surface area contributed by atoms with Crippen molar-refractivity contribution in [2.45, 2.75) is 19.4 Å². The quantitative estimate of drug-likeness (QED) is 0.768. The second kappa shape index (κ2) is 4.93. The number of carboxylic acids is 1. The van der Waals surface area contributed by atoms with Crippen molar-refractivity contribution in [3.63, 3.8) is 0 Å². The highest BCUT2D eigenvalue weighted by Crippen LogP contribution is 2.24. The maximum absolute atomic E-state index is 13.2. The molecule has 0 bridgehead atoms. The summed E-state index contributed by atoms with van der Waals surface area (Å²) in [7, 11) is 0. The summed E-state index contributed by atoms with van der Waals surface area (Å²) in [4.78, 5) is 13.6. The van der Waals surface area contributed by atoms with E-state index in [4.69, 9.17) is 10.8 Å². The van der Waals surface area contributed by atoms with Gasteiger partial charge in [-0.1, -0.05) is 0 Å². The van der Waals surface area contributed by atoms with E-state index in [0.717, 1.165) is 6.07 Å². The second-order valence-electron chi connectivity index (χ2n) is 3.05. The van der Waals surface area contributed by atoms with Crippen LogP contribution in [0.25, 0.3) is 0 Å². The molecule has 0 saturated carbocycles. The largest absolute Gasteiger partial charge is 0.481 e. The fourth-order valence-electron chi connectivity index (χ4n) is 1.22. The van der Waals surface area contributed by atoms with E-state index in [1.165, 1.54) is 0 Å². The van der Waals surface area contributed by atoms with E-state index in [2.05, 4.69) is 4.98 Å². The van der Waals surface area contributed by atoms with Gasteiger partial charge in [-0.15, -0.1) is 0 Å². The molecule has 0 unspecified atom stereocenters. The molecule has 0 amide bonds. The fourth-order valence-corrected chi connectivity index (χ4v) is 1.22. The van der Waals surface area contributed by atoms with Crippen molar-refractivity contribution in [3.8, 4) is 0 Å². The Kier molecular flexibility index (Phi) is 3.83. The van der Waals surface area contributed by atoms with Crippen molar-refractivity contribution in [2.24, 2.45) is 5.73 Å². The van der Waals surface area contributed by atoms with Crippen LogP contribution in [0.5, 0.6) is 0 Å². The summed E-state index contributed by atoms with van der Waals surface area (Å²) in [5, 5.41) is 8.44. The zero-order valence-electron chi connectivity index (χ0n) is 8.08. The molecule has 1 rings (SSSR count). The molecule has 0 radical (unpaired) electrons. The Morgan fingerprint density at radius 2 is 2.19 bits per heavy atom. The van der Waals surface area contributed by atoms with E-state index in [9.17, 15) is 18.0 Å². The van der Waals surface area contributed by atoms with E-state index >= 15 is 0 Å². The average molecular weight is 234 g/mol. The van der Waals surface area contributed by atoms with Gasteiger partial charge in [0.2, 0.25) is 5.95 Å². The summed E-state index contributed by atoms with van der Waals surface area (Å²) in [5.41, 5.74) is 3.96. The van der Waals surface area contributed by atoms with Gasteiger partial charge in [0.15, 0.2) is 0 Å². The van der Waals surface area contributed by atoms with Crippen LogP contribution in [0.3, 0.4) is 0 Å². The summed E-state index contributed by atoms with van der Waals surface area (Å²) in [6, 6.07) is 0.795. The van der Waals surface area contributed by atoms with Gasteiger partial charge < -0.3 is 10.8 Å². The molecule has 4 nitrogen and oxygen atoms in total. The highest BCUT2D eigenvalue weighted by atomic mass is 19.3. The molecule has 0 saturated heterocycles. The smallest absolute Gasteiger partial charge is 0.307 e. The Morgan fingerprint density at radius 1 is 1.56 bits per heavy atom. The molecule has 0 aromatic carbocycles. The van der Waals surface area contributed by atoms with Crippen LogP contribution >= 0.6 is 0 Å². The first-order chi connectivity index (χ1) is 7.45. The number of pyridine rings is 1. The number of halogens is 3. The predicted octanol–water partition coefficient (Wildman–Crippen LogP) is 1.24. The standard InChI is InChI=1S/C9H9F3N2O2/c10-8(11)5-1-4(2-7(15)16)9(12)14-6(5)3-13/h1,8H,2-3,13H2,(H,15,16). The Bertz CT molecular complexity index is 410. The molecule has 0 fully saturated rings. The second-order valence-corrected chi connectivity index (χ2v) is 3.05. The fraction of sp³-hybridized carbons (Fsp3) is 0.333. The van der Waals surface area contributed by atoms with Crippen molar-refractivity contribution in [1.82, 2.24) is 4.98 Å². The highest BCUT2D eigenvalue weighted by Gasteiger charge is 2.18. The van der Waals surface area contributed by atoms with Crippen molar-refractivity contribution in [1.29, 1.82) is 0 Å². The van der Waals surface area contributed by atoms with E-state index in [1.54, 1.807) is 0 Å². The zero-order chi connectivity index (χ0) is 12.3. The molecular formula is C9H9F3N2O2. The molecule has 3 N–H and O–H groups in total. The van der Waals surface area contributed by atoms with Gasteiger partial charge in [-0.05, 0) is 6.07 Å². The van der Waals surface area contributed by atoms with Gasteiger partial charge in [0, 0.05) is 17.7 Å². The Morgan fingerprint density at radius 3 is 2.62 bits per heavy atom. The van der Waals surface area contributed by atoms with E-state index in [0.29, 0.717) is 0 Å². The molecule has 1 aromatic heterocycles. The summed E-state index contributed by atoms with van der Waals surface area (Å²) >= 11 is 0. The van der Waals surface area contributed by atoms with Gasteiger partial charge in [0.1, 0.15) is 0 Å². The molecule has 0 aliphatic rings. The Hall–Kier alpha value is -1.63. The van der Waals surface area contributed by atoms with E-state index in [1.807, 2.05) is 0 Å². The Balaban J connectivity index is 3.21. The monoisotopic (exact) mass is 234 g/mol. The van der Waals surface area contributed by atoms with E-state index in [-0.39, 0.29) is 17.8 Å². The molecule has 1 aromatic rings. The number of nitrogens with zero attached hydrogens (tertiary/aromatic N) is 1. The van der Waals surface area contributed by atoms with Gasteiger partial charge in [0.05, 0.1) is 12.1 Å². The number of rotatable bonds is 4. The third kappa shape index (κ3) is 2.69. The van der Waals surface area contributed by atoms with Gasteiger partial charge >= 0.3 is 5.97 Å². The molecule has 88 valence electrons.